The Kier molecular flexibility index (Phi) is 3.39. The largest absolute Gasteiger partial charge is 0.324 e. The van der Waals surface area contributed by atoms with Gasteiger partial charge in [-0.25, -0.2) is 0 Å². The molecule has 0 aromatic rings. The normalized spacial score (nSPS) is 17.9. The molecule has 0 aliphatic heterocycles. The van der Waals surface area contributed by atoms with Crippen LogP contribution >= 0.6 is 7.14 Å². The zero-order chi connectivity index (χ0) is 6.62. The minimum Gasteiger partial charge on any atom is -0.324 e. The Labute approximate surface area is 51.9 Å². The molecule has 50 valence electrons. The van der Waals surface area contributed by atoms with Crippen LogP contribution in [0.1, 0.15) is 20.3 Å². The Morgan fingerprint density at radius 1 is 1.38 bits per heavy atom. The van der Waals surface area contributed by atoms with Crippen molar-refractivity contribution in [1.29, 1.82) is 0 Å². The molecule has 0 aromatic carbocycles. The summed E-state index contributed by atoms with van der Waals surface area (Å²) in [7, 11) is -1.67. The fraction of sp³-hybridized carbons (Fsp3) is 1.00. The predicted molar refractivity (Wildman–Crippen MR) is 39.2 cm³/mol. The van der Waals surface area contributed by atoms with Crippen molar-refractivity contribution in [1.82, 2.24) is 0 Å². The Hall–Kier alpha value is 0.230. The molecule has 0 heterocycles. The molecule has 0 bridgehead atoms. The summed E-state index contributed by atoms with van der Waals surface area (Å²) in [5.41, 5.74) is 0. The first-order valence-electron chi connectivity index (χ1n) is 3.18. The van der Waals surface area contributed by atoms with Gasteiger partial charge < -0.3 is 4.57 Å². The Morgan fingerprint density at radius 2 is 1.88 bits per heavy atom. The summed E-state index contributed by atoms with van der Waals surface area (Å²) in [4.78, 5) is 0. The van der Waals surface area contributed by atoms with Gasteiger partial charge in [0.2, 0.25) is 0 Å². The molecule has 0 aromatic heterocycles. The van der Waals surface area contributed by atoms with E-state index in [-0.39, 0.29) is 0 Å². The second-order valence-corrected chi connectivity index (χ2v) is 6.01. The van der Waals surface area contributed by atoms with Crippen LogP contribution in [0.15, 0.2) is 0 Å². The number of rotatable bonds is 3. The van der Waals surface area contributed by atoms with Gasteiger partial charge in [0.1, 0.15) is 0 Å². The smallest absolute Gasteiger partial charge is 0.0845 e. The van der Waals surface area contributed by atoms with E-state index in [1.165, 1.54) is 0 Å². The van der Waals surface area contributed by atoms with Crippen LogP contribution in [0.2, 0.25) is 0 Å². The molecule has 0 amide bonds. The van der Waals surface area contributed by atoms with E-state index in [4.69, 9.17) is 0 Å². The van der Waals surface area contributed by atoms with Crippen molar-refractivity contribution in [2.24, 2.45) is 0 Å². The lowest BCUT2D eigenvalue weighted by Crippen LogP contribution is -1.87. The highest BCUT2D eigenvalue weighted by Gasteiger charge is 2.08. The van der Waals surface area contributed by atoms with Gasteiger partial charge in [0.05, 0.1) is 7.14 Å². The highest BCUT2D eigenvalue weighted by atomic mass is 31.2. The molecule has 8 heavy (non-hydrogen) atoms. The molecule has 0 aliphatic carbocycles. The van der Waals surface area contributed by atoms with E-state index in [1.54, 1.807) is 0 Å². The van der Waals surface area contributed by atoms with E-state index in [0.717, 1.165) is 18.7 Å². The molecule has 0 spiro atoms. The van der Waals surface area contributed by atoms with Crippen LogP contribution in [0.4, 0.5) is 0 Å². The molecule has 0 saturated heterocycles. The summed E-state index contributed by atoms with van der Waals surface area (Å²) in [6, 6.07) is 0. The maximum absolute atomic E-state index is 11.2. The summed E-state index contributed by atoms with van der Waals surface area (Å²) >= 11 is 0. The molecule has 1 nitrogen and oxygen atoms in total. The molecular weight excluding hydrogens is 119 g/mol. The summed E-state index contributed by atoms with van der Waals surface area (Å²) in [5, 5.41) is 0. The monoisotopic (exact) mass is 134 g/mol. The highest BCUT2D eigenvalue weighted by Crippen LogP contribution is 2.40. The van der Waals surface area contributed by atoms with Gasteiger partial charge in [0.15, 0.2) is 0 Å². The Balaban J connectivity index is 3.55. The topological polar surface area (TPSA) is 17.1 Å². The van der Waals surface area contributed by atoms with Gasteiger partial charge in [0, 0.05) is 6.16 Å². The van der Waals surface area contributed by atoms with Gasteiger partial charge in [0.25, 0.3) is 0 Å². The van der Waals surface area contributed by atoms with Crippen LogP contribution in [0.5, 0.6) is 0 Å². The van der Waals surface area contributed by atoms with Gasteiger partial charge in [-0.15, -0.1) is 0 Å². The van der Waals surface area contributed by atoms with E-state index in [1.807, 2.05) is 13.6 Å². The molecular formula is C6H15OP. The molecule has 0 N–H and O–H groups in total. The van der Waals surface area contributed by atoms with Crippen molar-refractivity contribution in [3.63, 3.8) is 0 Å². The lowest BCUT2D eigenvalue weighted by atomic mass is 10.6. The van der Waals surface area contributed by atoms with Crippen LogP contribution in [0.25, 0.3) is 0 Å². The second kappa shape index (κ2) is 3.29. The molecule has 2 heteroatoms. The standard InChI is InChI=1S/C6H15OP/c1-4-6-8(3,7)5-2/h4-6H2,1-3H3/t8-/m1/s1. The van der Waals surface area contributed by atoms with Crippen LogP contribution in [0.3, 0.4) is 0 Å². The second-order valence-electron chi connectivity index (χ2n) is 2.34. The predicted octanol–water partition coefficient (Wildman–Crippen LogP) is 2.41. The third kappa shape index (κ3) is 3.26. The highest BCUT2D eigenvalue weighted by molar-refractivity contribution is 7.63. The van der Waals surface area contributed by atoms with E-state index in [9.17, 15) is 4.57 Å². The van der Waals surface area contributed by atoms with E-state index < -0.39 is 7.14 Å². The van der Waals surface area contributed by atoms with E-state index in [2.05, 4.69) is 6.92 Å². The summed E-state index contributed by atoms with van der Waals surface area (Å²) in [5.74, 6) is 0. The number of hydrogen-bond acceptors (Lipinski definition) is 1. The lowest BCUT2D eigenvalue weighted by molar-refractivity contribution is 0.578. The van der Waals surface area contributed by atoms with Gasteiger partial charge in [-0.3, -0.25) is 0 Å². The first-order chi connectivity index (χ1) is 3.62. The molecule has 0 unspecified atom stereocenters. The van der Waals surface area contributed by atoms with Crippen LogP contribution < -0.4 is 0 Å². The van der Waals surface area contributed by atoms with Crippen molar-refractivity contribution in [3.8, 4) is 0 Å². The third-order valence-corrected chi connectivity index (χ3v) is 4.10. The van der Waals surface area contributed by atoms with Gasteiger partial charge in [-0.2, -0.15) is 0 Å². The molecule has 0 radical (unpaired) electrons. The van der Waals surface area contributed by atoms with Crippen molar-refractivity contribution in [3.05, 3.63) is 0 Å². The summed E-state index contributed by atoms with van der Waals surface area (Å²) in [6.45, 7) is 5.96. The molecule has 0 aliphatic rings. The maximum atomic E-state index is 11.2. The van der Waals surface area contributed by atoms with Crippen molar-refractivity contribution in [2.75, 3.05) is 19.0 Å². The Morgan fingerprint density at radius 3 is 2.00 bits per heavy atom. The quantitative estimate of drug-likeness (QED) is 0.542. The lowest BCUT2D eigenvalue weighted by Gasteiger charge is -2.05. The fourth-order valence-electron chi connectivity index (χ4n) is 0.631. The van der Waals surface area contributed by atoms with Crippen molar-refractivity contribution < 1.29 is 4.57 Å². The average Bonchev–Trinajstić information content (AvgIpc) is 1.67. The summed E-state index contributed by atoms with van der Waals surface area (Å²) < 4.78 is 11.2. The van der Waals surface area contributed by atoms with Crippen LogP contribution in [0, 0.1) is 0 Å². The fourth-order valence-corrected chi connectivity index (χ4v) is 1.89. The average molecular weight is 134 g/mol. The van der Waals surface area contributed by atoms with Crippen molar-refractivity contribution >= 4 is 7.14 Å². The Bertz CT molecular complexity index is 98.7. The van der Waals surface area contributed by atoms with Crippen LogP contribution in [-0.2, 0) is 4.57 Å². The van der Waals surface area contributed by atoms with Crippen molar-refractivity contribution in [2.45, 2.75) is 20.3 Å². The third-order valence-electron chi connectivity index (χ3n) is 1.37. The number of hydrogen-bond donors (Lipinski definition) is 0. The maximum Gasteiger partial charge on any atom is 0.0845 e. The van der Waals surface area contributed by atoms with Gasteiger partial charge in [-0.1, -0.05) is 13.8 Å². The molecule has 0 rings (SSSR count). The minimum absolute atomic E-state index is 0.862. The molecule has 0 fully saturated rings. The molecule has 0 saturated carbocycles. The minimum atomic E-state index is -1.67. The van der Waals surface area contributed by atoms with Gasteiger partial charge >= 0.3 is 0 Å². The van der Waals surface area contributed by atoms with Gasteiger partial charge in [-0.05, 0) is 19.2 Å². The molecule has 1 atom stereocenters. The zero-order valence-electron chi connectivity index (χ0n) is 5.98. The van der Waals surface area contributed by atoms with E-state index >= 15 is 0 Å². The zero-order valence-corrected chi connectivity index (χ0v) is 6.87. The summed E-state index contributed by atoms with van der Waals surface area (Å²) in [6.07, 6.45) is 2.84. The van der Waals surface area contributed by atoms with E-state index in [0.29, 0.717) is 0 Å². The SMILES string of the molecule is CCC[P@](C)(=O)CC. The first-order valence-corrected chi connectivity index (χ1v) is 5.70. The first kappa shape index (κ1) is 8.23. The van der Waals surface area contributed by atoms with Crippen LogP contribution in [-0.4, -0.2) is 19.0 Å².